The van der Waals surface area contributed by atoms with E-state index in [9.17, 15) is 4.79 Å². The monoisotopic (exact) mass is 318 g/mol. The third-order valence-electron chi connectivity index (χ3n) is 3.43. The zero-order valence-electron chi connectivity index (χ0n) is 14.3. The fourth-order valence-electron chi connectivity index (χ4n) is 2.51. The van der Waals surface area contributed by atoms with Crippen molar-refractivity contribution in [1.29, 1.82) is 0 Å². The van der Waals surface area contributed by atoms with Crippen molar-refractivity contribution in [3.05, 3.63) is 29.8 Å². The standard InChI is InChI=1S/C17H26N4O2/c1-17(2,3)23-16(22)20-11-10-19-15(18-4)21-12-9-13-7-5-6-8-14(13)21/h5-8H,9-12H2,1-4H3,(H,18,19)(H,20,22). The molecule has 1 amide bonds. The van der Waals surface area contributed by atoms with Crippen molar-refractivity contribution in [2.45, 2.75) is 32.8 Å². The van der Waals surface area contributed by atoms with E-state index in [-0.39, 0.29) is 0 Å². The van der Waals surface area contributed by atoms with E-state index in [0.717, 1.165) is 18.9 Å². The zero-order valence-corrected chi connectivity index (χ0v) is 14.3. The number of anilines is 1. The number of carbonyl (C=O) groups is 1. The summed E-state index contributed by atoms with van der Waals surface area (Å²) in [5, 5.41) is 6.01. The minimum absolute atomic E-state index is 0.402. The summed E-state index contributed by atoms with van der Waals surface area (Å²) in [4.78, 5) is 18.1. The van der Waals surface area contributed by atoms with Crippen LogP contribution >= 0.6 is 0 Å². The number of nitrogens with one attached hydrogen (secondary N) is 2. The van der Waals surface area contributed by atoms with Crippen LogP contribution in [0.3, 0.4) is 0 Å². The summed E-state index contributed by atoms with van der Waals surface area (Å²) < 4.78 is 5.20. The Kier molecular flexibility index (Phi) is 5.47. The first-order valence-corrected chi connectivity index (χ1v) is 7.93. The van der Waals surface area contributed by atoms with Crippen LogP contribution in [0.4, 0.5) is 10.5 Å². The van der Waals surface area contributed by atoms with Gasteiger partial charge in [0.1, 0.15) is 5.60 Å². The lowest BCUT2D eigenvalue weighted by Crippen LogP contribution is -2.44. The Bertz CT molecular complexity index is 578. The van der Waals surface area contributed by atoms with Gasteiger partial charge in [-0.15, -0.1) is 0 Å². The van der Waals surface area contributed by atoms with E-state index < -0.39 is 11.7 Å². The van der Waals surface area contributed by atoms with Gasteiger partial charge in [-0.2, -0.15) is 0 Å². The van der Waals surface area contributed by atoms with Crippen LogP contribution in [0.1, 0.15) is 26.3 Å². The SMILES string of the molecule is CN=C(NCCNC(=O)OC(C)(C)C)N1CCc2ccccc21. The quantitative estimate of drug-likeness (QED) is 0.509. The lowest BCUT2D eigenvalue weighted by atomic mass is 10.2. The number of hydrogen-bond donors (Lipinski definition) is 2. The average Bonchev–Trinajstić information content (AvgIpc) is 2.89. The van der Waals surface area contributed by atoms with Crippen LogP contribution in [0.5, 0.6) is 0 Å². The molecule has 23 heavy (non-hydrogen) atoms. The number of fused-ring (bicyclic) bond motifs is 1. The second-order valence-electron chi connectivity index (χ2n) is 6.43. The minimum atomic E-state index is -0.479. The largest absolute Gasteiger partial charge is 0.444 e. The molecule has 1 aliphatic rings. The number of hydrogen-bond acceptors (Lipinski definition) is 3. The molecule has 2 rings (SSSR count). The zero-order chi connectivity index (χ0) is 16.9. The molecule has 126 valence electrons. The highest BCUT2D eigenvalue weighted by Crippen LogP contribution is 2.27. The highest BCUT2D eigenvalue weighted by Gasteiger charge is 2.22. The predicted octanol–water partition coefficient (Wildman–Crippen LogP) is 2.15. The Morgan fingerprint density at radius 3 is 2.65 bits per heavy atom. The van der Waals surface area contributed by atoms with Gasteiger partial charge in [0.25, 0.3) is 0 Å². The van der Waals surface area contributed by atoms with Gasteiger partial charge in [0, 0.05) is 32.4 Å². The molecule has 1 aromatic rings. The molecule has 0 saturated carbocycles. The molecule has 1 heterocycles. The molecule has 0 atom stereocenters. The van der Waals surface area contributed by atoms with Crippen molar-refractivity contribution < 1.29 is 9.53 Å². The van der Waals surface area contributed by atoms with Crippen molar-refractivity contribution in [1.82, 2.24) is 10.6 Å². The van der Waals surface area contributed by atoms with Gasteiger partial charge in [0.05, 0.1) is 0 Å². The molecule has 0 spiro atoms. The number of para-hydroxylation sites is 1. The molecule has 1 aromatic carbocycles. The second-order valence-corrected chi connectivity index (χ2v) is 6.43. The summed E-state index contributed by atoms with van der Waals surface area (Å²) in [5.74, 6) is 0.820. The fourth-order valence-corrected chi connectivity index (χ4v) is 2.51. The molecular weight excluding hydrogens is 292 g/mol. The van der Waals surface area contributed by atoms with Gasteiger partial charge >= 0.3 is 6.09 Å². The summed E-state index contributed by atoms with van der Waals surface area (Å²) in [7, 11) is 1.77. The molecule has 0 radical (unpaired) electrons. The third-order valence-corrected chi connectivity index (χ3v) is 3.43. The van der Waals surface area contributed by atoms with E-state index in [1.807, 2.05) is 26.8 Å². The lowest BCUT2D eigenvalue weighted by molar-refractivity contribution is 0.0529. The number of aliphatic imine (C=N–C) groups is 1. The smallest absolute Gasteiger partial charge is 0.407 e. The van der Waals surface area contributed by atoms with E-state index in [1.54, 1.807) is 7.05 Å². The second kappa shape index (κ2) is 7.35. The molecule has 0 bridgehead atoms. The van der Waals surface area contributed by atoms with Crippen molar-refractivity contribution in [2.24, 2.45) is 4.99 Å². The topological polar surface area (TPSA) is 66.0 Å². The van der Waals surface area contributed by atoms with Gasteiger partial charge in [-0.25, -0.2) is 4.79 Å². The summed E-state index contributed by atoms with van der Waals surface area (Å²) in [6.07, 6.45) is 0.619. The molecule has 2 N–H and O–H groups in total. The van der Waals surface area contributed by atoms with E-state index >= 15 is 0 Å². The van der Waals surface area contributed by atoms with Crippen LogP contribution in [0.2, 0.25) is 0 Å². The van der Waals surface area contributed by atoms with Crippen LogP contribution < -0.4 is 15.5 Å². The molecule has 1 aliphatic heterocycles. The maximum Gasteiger partial charge on any atom is 0.407 e. The highest BCUT2D eigenvalue weighted by atomic mass is 16.6. The van der Waals surface area contributed by atoms with Gasteiger partial charge in [-0.05, 0) is 38.8 Å². The molecule has 6 nitrogen and oxygen atoms in total. The predicted molar refractivity (Wildman–Crippen MR) is 93.1 cm³/mol. The van der Waals surface area contributed by atoms with Crippen LogP contribution in [-0.2, 0) is 11.2 Å². The third kappa shape index (κ3) is 4.87. The summed E-state index contributed by atoms with van der Waals surface area (Å²) in [5.41, 5.74) is 2.05. The lowest BCUT2D eigenvalue weighted by Gasteiger charge is -2.23. The van der Waals surface area contributed by atoms with Crippen molar-refractivity contribution in [2.75, 3.05) is 31.6 Å². The molecule has 0 saturated heterocycles. The number of guanidine groups is 1. The molecule has 0 unspecified atom stereocenters. The number of amides is 1. The Labute approximate surface area is 137 Å². The van der Waals surface area contributed by atoms with Gasteiger partial charge in [-0.1, -0.05) is 18.2 Å². The first-order valence-electron chi connectivity index (χ1n) is 7.93. The Morgan fingerprint density at radius 1 is 1.26 bits per heavy atom. The van der Waals surface area contributed by atoms with E-state index in [2.05, 4.69) is 38.7 Å². The molecule has 6 heteroatoms. The first kappa shape index (κ1) is 17.1. The summed E-state index contributed by atoms with van der Waals surface area (Å²) >= 11 is 0. The van der Waals surface area contributed by atoms with Gasteiger partial charge in [0.15, 0.2) is 5.96 Å². The van der Waals surface area contributed by atoms with Crippen molar-refractivity contribution in [3.63, 3.8) is 0 Å². The Hall–Kier alpha value is -2.24. The number of benzene rings is 1. The minimum Gasteiger partial charge on any atom is -0.444 e. The maximum atomic E-state index is 11.6. The average molecular weight is 318 g/mol. The molecular formula is C17H26N4O2. The van der Waals surface area contributed by atoms with Crippen LogP contribution in [-0.4, -0.2) is 44.3 Å². The van der Waals surface area contributed by atoms with Gasteiger partial charge in [-0.3, -0.25) is 4.99 Å². The van der Waals surface area contributed by atoms with Crippen LogP contribution in [0, 0.1) is 0 Å². The summed E-state index contributed by atoms with van der Waals surface area (Å²) in [6, 6.07) is 8.35. The van der Waals surface area contributed by atoms with Crippen LogP contribution in [0.15, 0.2) is 29.3 Å². The number of carbonyl (C=O) groups excluding carboxylic acids is 1. The molecule has 0 fully saturated rings. The molecule has 0 aromatic heterocycles. The van der Waals surface area contributed by atoms with E-state index in [1.165, 1.54) is 11.3 Å². The fraction of sp³-hybridized carbons (Fsp3) is 0.529. The van der Waals surface area contributed by atoms with E-state index in [0.29, 0.717) is 13.1 Å². The van der Waals surface area contributed by atoms with E-state index in [4.69, 9.17) is 4.74 Å². The number of rotatable bonds is 3. The Morgan fingerprint density at radius 2 is 1.96 bits per heavy atom. The van der Waals surface area contributed by atoms with Crippen molar-refractivity contribution >= 4 is 17.7 Å². The van der Waals surface area contributed by atoms with Gasteiger partial charge < -0.3 is 20.3 Å². The molecule has 0 aliphatic carbocycles. The number of nitrogens with zero attached hydrogens (tertiary/aromatic N) is 2. The first-order chi connectivity index (χ1) is 10.9. The Balaban J connectivity index is 1.80. The normalized spacial score (nSPS) is 14.4. The number of alkyl carbamates (subject to hydrolysis) is 1. The van der Waals surface area contributed by atoms with Crippen molar-refractivity contribution in [3.8, 4) is 0 Å². The van der Waals surface area contributed by atoms with Crippen LogP contribution in [0.25, 0.3) is 0 Å². The van der Waals surface area contributed by atoms with Gasteiger partial charge in [0.2, 0.25) is 0 Å². The summed E-state index contributed by atoms with van der Waals surface area (Å²) in [6.45, 7) is 7.51. The highest BCUT2D eigenvalue weighted by molar-refractivity contribution is 5.97. The maximum absolute atomic E-state index is 11.6. The number of ether oxygens (including phenoxy) is 1.